The van der Waals surface area contributed by atoms with E-state index in [2.05, 4.69) is 20.2 Å². The molecule has 54 heavy (non-hydrogen) atoms. The lowest BCUT2D eigenvalue weighted by atomic mass is 9.92. The van der Waals surface area contributed by atoms with Crippen LogP contribution in [0.25, 0.3) is 16.8 Å². The molecule has 2 aromatic heterocycles. The molecule has 0 bridgehead atoms. The maximum atomic E-state index is 14.5. The van der Waals surface area contributed by atoms with Crippen LogP contribution in [0.5, 0.6) is 0 Å². The van der Waals surface area contributed by atoms with E-state index < -0.39 is 42.9 Å². The van der Waals surface area contributed by atoms with Crippen LogP contribution in [0.2, 0.25) is 5.02 Å². The highest BCUT2D eigenvalue weighted by molar-refractivity contribution is 6.32. The lowest BCUT2D eigenvalue weighted by Crippen LogP contribution is -2.49. The molecule has 0 saturated heterocycles. The summed E-state index contributed by atoms with van der Waals surface area (Å²) in [6, 6.07) is 9.53. The van der Waals surface area contributed by atoms with Crippen molar-refractivity contribution in [3.8, 4) is 16.8 Å². The highest BCUT2D eigenvalue weighted by Gasteiger charge is 2.64. The number of benzene rings is 2. The summed E-state index contributed by atoms with van der Waals surface area (Å²) in [4.78, 5) is 37.5. The average Bonchev–Trinajstić information content (AvgIpc) is 4.00. The van der Waals surface area contributed by atoms with E-state index in [0.717, 1.165) is 17.7 Å². The predicted molar refractivity (Wildman–Crippen MR) is 189 cm³/mol. The third kappa shape index (κ3) is 8.66. The van der Waals surface area contributed by atoms with Crippen molar-refractivity contribution in [3.63, 3.8) is 0 Å². The third-order valence-electron chi connectivity index (χ3n) is 9.29. The first-order valence-electron chi connectivity index (χ1n) is 17.2. The second-order valence-corrected chi connectivity index (χ2v) is 15.0. The van der Waals surface area contributed by atoms with Crippen molar-refractivity contribution in [1.82, 2.24) is 34.8 Å². The van der Waals surface area contributed by atoms with E-state index in [1.54, 1.807) is 35.0 Å². The Labute approximate surface area is 312 Å². The van der Waals surface area contributed by atoms with Crippen LogP contribution in [0.15, 0.2) is 66.2 Å². The Morgan fingerprint density at radius 2 is 1.80 bits per heavy atom. The topological polar surface area (TPSA) is 146 Å². The number of hydrogen-bond donors (Lipinski definition) is 2. The molecule has 2 aliphatic rings. The molecule has 1 atom stereocenters. The Morgan fingerprint density at radius 3 is 2.39 bits per heavy atom. The van der Waals surface area contributed by atoms with Gasteiger partial charge in [-0.3, -0.25) is 14.7 Å². The van der Waals surface area contributed by atoms with Crippen molar-refractivity contribution in [2.45, 2.75) is 83.1 Å². The van der Waals surface area contributed by atoms with Crippen LogP contribution in [0.3, 0.4) is 0 Å². The Kier molecular flexibility index (Phi) is 10.7. The number of hydrogen-bond acceptors (Lipinski definition) is 7. The van der Waals surface area contributed by atoms with Gasteiger partial charge in [0.2, 0.25) is 0 Å². The van der Waals surface area contributed by atoms with Crippen LogP contribution in [0.4, 0.5) is 26.7 Å². The molecule has 18 heteroatoms. The summed E-state index contributed by atoms with van der Waals surface area (Å²) in [5.74, 6) is -0.0839. The fourth-order valence-electron chi connectivity index (χ4n) is 5.79. The van der Waals surface area contributed by atoms with Crippen molar-refractivity contribution >= 4 is 29.6 Å². The Morgan fingerprint density at radius 1 is 1.09 bits per heavy atom. The molecule has 0 radical (unpaired) electrons. The number of nitrogens with two attached hydrogens (primary N) is 1. The normalized spacial score (nSPS) is 16.3. The molecular formula is C36H39ClF5N9O3. The van der Waals surface area contributed by atoms with Crippen molar-refractivity contribution in [3.05, 3.63) is 83.2 Å². The number of amides is 2. The maximum absolute atomic E-state index is 14.5. The summed E-state index contributed by atoms with van der Waals surface area (Å²) in [7, 11) is 0. The van der Waals surface area contributed by atoms with E-state index in [9.17, 15) is 31.5 Å². The number of halogens is 6. The number of aliphatic imine (C=N–C) groups is 1. The minimum Gasteiger partial charge on any atom is -0.447 e. The second kappa shape index (κ2) is 15.0. The third-order valence-corrected chi connectivity index (χ3v) is 9.61. The van der Waals surface area contributed by atoms with Crippen LogP contribution in [-0.4, -0.2) is 72.3 Å². The van der Waals surface area contributed by atoms with Gasteiger partial charge in [-0.25, -0.2) is 19.1 Å². The lowest BCUT2D eigenvalue weighted by molar-refractivity contribution is -0.164. The fourth-order valence-corrected chi connectivity index (χ4v) is 5.99. The molecule has 0 spiro atoms. The number of carbonyl (C=O) groups is 2. The summed E-state index contributed by atoms with van der Waals surface area (Å²) in [6.45, 7) is 2.76. The molecule has 2 fully saturated rings. The van der Waals surface area contributed by atoms with Gasteiger partial charge in [-0.15, -0.1) is 0 Å². The molecule has 3 N–H and O–H groups in total. The number of nitrogens with zero attached hydrogens (tertiary/aromatic N) is 7. The van der Waals surface area contributed by atoms with Crippen molar-refractivity contribution in [2.24, 2.45) is 16.1 Å². The van der Waals surface area contributed by atoms with Crippen LogP contribution in [0.1, 0.15) is 93.1 Å². The van der Waals surface area contributed by atoms with Crippen molar-refractivity contribution in [1.29, 1.82) is 0 Å². The van der Waals surface area contributed by atoms with Gasteiger partial charge in [-0.2, -0.15) is 32.1 Å². The van der Waals surface area contributed by atoms with Gasteiger partial charge in [0.25, 0.3) is 5.91 Å². The monoisotopic (exact) mass is 775 g/mol. The summed E-state index contributed by atoms with van der Waals surface area (Å²) in [6.07, 6.45) is -0.379. The van der Waals surface area contributed by atoms with Crippen LogP contribution in [-0.2, 0) is 4.74 Å². The molecule has 288 valence electrons. The number of aromatic nitrogens is 5. The molecule has 6 rings (SSSR count). The van der Waals surface area contributed by atoms with Gasteiger partial charge < -0.3 is 15.8 Å². The molecule has 2 saturated carbocycles. The fraction of sp³-hybridized carbons (Fsp3) is 0.444. The SMILES string of the molecule is CC(C)(C)CCN=C(N)N(C(=O)c1ccc(-c2cnn(C(F)F)c2)cc1)[C@H](COC(=O)NC1(C(F)(F)F)CC1)c1ccc(Cl)c(-n2ncnc2C2CC2)c1. The minimum atomic E-state index is -4.69. The first-order valence-corrected chi connectivity index (χ1v) is 17.6. The summed E-state index contributed by atoms with van der Waals surface area (Å²) in [5, 5.41) is 10.3. The second-order valence-electron chi connectivity index (χ2n) is 14.6. The highest BCUT2D eigenvalue weighted by atomic mass is 35.5. The van der Waals surface area contributed by atoms with E-state index in [1.807, 2.05) is 26.1 Å². The van der Waals surface area contributed by atoms with Crippen molar-refractivity contribution in [2.75, 3.05) is 13.2 Å². The molecule has 0 aliphatic heterocycles. The quantitative estimate of drug-likeness (QED) is 0.0848. The summed E-state index contributed by atoms with van der Waals surface area (Å²) in [5.41, 5.74) is 5.78. The molecule has 2 amide bonds. The maximum Gasteiger partial charge on any atom is 0.411 e. The zero-order valence-electron chi connectivity index (χ0n) is 29.7. The average molecular weight is 776 g/mol. The van der Waals surface area contributed by atoms with Gasteiger partial charge in [-0.05, 0) is 72.9 Å². The number of alkyl halides is 5. The van der Waals surface area contributed by atoms with Gasteiger partial charge in [0, 0.05) is 29.8 Å². The van der Waals surface area contributed by atoms with Crippen LogP contribution in [0, 0.1) is 5.41 Å². The first kappa shape index (κ1) is 38.7. The van der Waals surface area contributed by atoms with Crippen LogP contribution < -0.4 is 11.1 Å². The highest BCUT2D eigenvalue weighted by Crippen LogP contribution is 2.49. The number of guanidine groups is 1. The predicted octanol–water partition coefficient (Wildman–Crippen LogP) is 7.81. The van der Waals surface area contributed by atoms with E-state index in [4.69, 9.17) is 22.1 Å². The lowest BCUT2D eigenvalue weighted by Gasteiger charge is -2.32. The summed E-state index contributed by atoms with van der Waals surface area (Å²) >= 11 is 6.67. The molecule has 2 aliphatic carbocycles. The van der Waals surface area contributed by atoms with Gasteiger partial charge in [0.05, 0.1) is 22.9 Å². The largest absolute Gasteiger partial charge is 0.447 e. The molecular weight excluding hydrogens is 737 g/mol. The van der Waals surface area contributed by atoms with Gasteiger partial charge >= 0.3 is 18.8 Å². The smallest absolute Gasteiger partial charge is 0.411 e. The van der Waals surface area contributed by atoms with Gasteiger partial charge in [-0.1, -0.05) is 50.6 Å². The Bertz CT molecular complexity index is 2020. The minimum absolute atomic E-state index is 0.0962. The number of nitrogens with one attached hydrogen (secondary N) is 1. The van der Waals surface area contributed by atoms with E-state index in [0.29, 0.717) is 44.3 Å². The number of ether oxygens (including phenoxy) is 1. The molecule has 12 nitrogen and oxygen atoms in total. The number of rotatable bonds is 12. The van der Waals surface area contributed by atoms with E-state index >= 15 is 0 Å². The van der Waals surface area contributed by atoms with E-state index in [-0.39, 0.29) is 42.2 Å². The summed E-state index contributed by atoms with van der Waals surface area (Å²) < 4.78 is 75.0. The van der Waals surface area contributed by atoms with Gasteiger partial charge in [0.1, 0.15) is 24.3 Å². The molecule has 2 heterocycles. The van der Waals surface area contributed by atoms with Gasteiger partial charge in [0.15, 0.2) is 5.96 Å². The number of carbonyl (C=O) groups excluding carboxylic acids is 2. The zero-order valence-corrected chi connectivity index (χ0v) is 30.4. The zero-order chi connectivity index (χ0) is 39.0. The first-order chi connectivity index (χ1) is 25.5. The molecule has 4 aromatic rings. The Hall–Kier alpha value is -5.06. The molecule has 0 unspecified atom stereocenters. The van der Waals surface area contributed by atoms with E-state index in [1.165, 1.54) is 30.9 Å². The standard InChI is InChI=1S/C36H39ClF5N9O3/c1-34(2,3)14-15-44-32(43)50(30(52)23-8-4-21(5-9-23)25-17-46-49(18-25)31(38)39)28(19-54-33(53)48-35(12-13-35)36(40,41)42)24-10-11-26(37)27(16-24)51-29(22-6-7-22)45-20-47-51/h4-5,8-11,16-18,20,22,28,31H,6-7,12-15,19H2,1-3H3,(H2,43,44)(H,48,53)/t28-/m1/s1. The molecule has 2 aromatic carbocycles. The Balaban J connectivity index is 1.39. The number of alkyl carbamates (subject to hydrolysis) is 1. The van der Waals surface area contributed by atoms with Crippen molar-refractivity contribution < 1.29 is 36.3 Å². The van der Waals surface area contributed by atoms with Crippen LogP contribution >= 0.6 is 11.6 Å².